The van der Waals surface area contributed by atoms with Crippen LogP contribution in [0.2, 0.25) is 0 Å². The third kappa shape index (κ3) is 2.38. The van der Waals surface area contributed by atoms with Gasteiger partial charge >= 0.3 is 0 Å². The minimum absolute atomic E-state index is 0.749. The molecule has 0 heterocycles. The number of aryl methyl sites for hydroxylation is 1. The van der Waals surface area contributed by atoms with Gasteiger partial charge in [0.05, 0.1) is 0 Å². The number of halogens is 1. The van der Waals surface area contributed by atoms with Gasteiger partial charge in [0, 0.05) is 9.99 Å². The molecule has 0 aliphatic carbocycles. The van der Waals surface area contributed by atoms with Crippen molar-refractivity contribution in [1.82, 2.24) is 0 Å². The van der Waals surface area contributed by atoms with Crippen molar-refractivity contribution in [2.45, 2.75) is 19.3 Å². The van der Waals surface area contributed by atoms with Crippen LogP contribution in [0.4, 0.5) is 0 Å². The summed E-state index contributed by atoms with van der Waals surface area (Å²) in [6, 6.07) is 12.8. The summed E-state index contributed by atoms with van der Waals surface area (Å²) in [7, 11) is 0. The van der Waals surface area contributed by atoms with E-state index in [0.717, 1.165) is 19.3 Å². The lowest BCUT2D eigenvalue weighted by atomic mass is 10.0. The molecule has 0 spiro atoms. The van der Waals surface area contributed by atoms with Crippen LogP contribution in [0.1, 0.15) is 18.4 Å². The maximum Gasteiger partial charge on any atom is 0.0168 e. The number of benzene rings is 2. The SMILES string of the molecule is [C]#CCCCc1c(I)ccc2ccccc12. The molecule has 0 saturated carbocycles. The predicted molar refractivity (Wildman–Crippen MR) is 76.7 cm³/mol. The summed E-state index contributed by atoms with van der Waals surface area (Å²) < 4.78 is 1.32. The van der Waals surface area contributed by atoms with Crippen molar-refractivity contribution in [3.05, 3.63) is 52.0 Å². The van der Waals surface area contributed by atoms with Crippen molar-refractivity contribution in [1.29, 1.82) is 0 Å². The zero-order valence-corrected chi connectivity index (χ0v) is 11.1. The van der Waals surface area contributed by atoms with Gasteiger partial charge in [0.25, 0.3) is 0 Å². The van der Waals surface area contributed by atoms with Crippen molar-refractivity contribution in [2.24, 2.45) is 0 Å². The Balaban J connectivity index is 2.41. The molecule has 79 valence electrons. The maximum absolute atomic E-state index is 6.93. The predicted octanol–water partition coefficient (Wildman–Crippen LogP) is 4.36. The molecule has 0 unspecified atom stereocenters. The van der Waals surface area contributed by atoms with Gasteiger partial charge in [-0.3, -0.25) is 0 Å². The summed E-state index contributed by atoms with van der Waals surface area (Å²) in [5.74, 6) is 2.45. The molecule has 0 fully saturated rings. The molecular formula is C15H12I. The first-order valence-corrected chi connectivity index (χ1v) is 6.46. The Labute approximate surface area is 110 Å². The quantitative estimate of drug-likeness (QED) is 0.448. The lowest BCUT2D eigenvalue weighted by molar-refractivity contribution is 0.859. The first kappa shape index (κ1) is 11.5. The fourth-order valence-electron chi connectivity index (χ4n) is 1.92. The minimum Gasteiger partial charge on any atom is -0.0891 e. The third-order valence-corrected chi connectivity index (χ3v) is 3.72. The second kappa shape index (κ2) is 5.36. The molecule has 0 amide bonds. The van der Waals surface area contributed by atoms with Crippen LogP contribution in [0.25, 0.3) is 10.8 Å². The summed E-state index contributed by atoms with van der Waals surface area (Å²) in [6.07, 6.45) is 9.72. The first-order chi connectivity index (χ1) is 7.83. The molecule has 0 N–H and O–H groups in total. The fourth-order valence-corrected chi connectivity index (χ4v) is 2.66. The summed E-state index contributed by atoms with van der Waals surface area (Å²) in [6.45, 7) is 0. The Bertz CT molecular complexity index is 535. The molecule has 0 aromatic heterocycles. The normalized spacial score (nSPS) is 10.2. The summed E-state index contributed by atoms with van der Waals surface area (Å²) >= 11 is 2.39. The molecular weight excluding hydrogens is 307 g/mol. The molecule has 2 aromatic carbocycles. The van der Waals surface area contributed by atoms with Crippen molar-refractivity contribution in [3.63, 3.8) is 0 Å². The number of fused-ring (bicyclic) bond motifs is 1. The minimum atomic E-state index is 0.749. The van der Waals surface area contributed by atoms with Crippen LogP contribution in [0.15, 0.2) is 36.4 Å². The highest BCUT2D eigenvalue weighted by molar-refractivity contribution is 14.1. The topological polar surface area (TPSA) is 0 Å². The molecule has 0 aliphatic rings. The smallest absolute Gasteiger partial charge is 0.0168 e. The Hall–Kier alpha value is -1.01. The monoisotopic (exact) mass is 319 g/mol. The van der Waals surface area contributed by atoms with E-state index in [-0.39, 0.29) is 0 Å². The Morgan fingerprint density at radius 1 is 1.12 bits per heavy atom. The molecule has 0 bridgehead atoms. The van der Waals surface area contributed by atoms with Crippen LogP contribution in [0, 0.1) is 15.9 Å². The molecule has 1 radical (unpaired) electrons. The number of rotatable bonds is 3. The molecule has 16 heavy (non-hydrogen) atoms. The van der Waals surface area contributed by atoms with E-state index in [1.165, 1.54) is 19.9 Å². The van der Waals surface area contributed by atoms with Gasteiger partial charge in [-0.15, -0.1) is 0 Å². The van der Waals surface area contributed by atoms with Crippen molar-refractivity contribution < 1.29 is 0 Å². The van der Waals surface area contributed by atoms with Crippen LogP contribution in [-0.2, 0) is 6.42 Å². The second-order valence-corrected chi connectivity index (χ2v) is 4.94. The number of unbranched alkanes of at least 4 members (excludes halogenated alkanes) is 1. The zero-order chi connectivity index (χ0) is 11.4. The summed E-state index contributed by atoms with van der Waals surface area (Å²) in [4.78, 5) is 0. The van der Waals surface area contributed by atoms with E-state index >= 15 is 0 Å². The highest BCUT2D eigenvalue weighted by Crippen LogP contribution is 2.25. The number of hydrogen-bond donors (Lipinski definition) is 0. The van der Waals surface area contributed by atoms with Crippen LogP contribution in [0.5, 0.6) is 0 Å². The standard InChI is InChI=1S/C15H12I/c1-2-3-4-9-14-13-8-6-5-7-12(13)10-11-15(14)16/h5-8,10-11H,3-4,9H2. The fraction of sp³-hybridized carbons (Fsp3) is 0.200. The van der Waals surface area contributed by atoms with Gasteiger partial charge in [-0.1, -0.05) is 36.3 Å². The molecule has 2 aromatic rings. The van der Waals surface area contributed by atoms with E-state index in [1.54, 1.807) is 0 Å². The molecule has 0 saturated heterocycles. The van der Waals surface area contributed by atoms with E-state index in [1.807, 2.05) is 0 Å². The van der Waals surface area contributed by atoms with Crippen LogP contribution >= 0.6 is 22.6 Å². The molecule has 0 aliphatic heterocycles. The summed E-state index contributed by atoms with van der Waals surface area (Å²) in [5.41, 5.74) is 1.41. The van der Waals surface area contributed by atoms with Gasteiger partial charge in [0.15, 0.2) is 0 Å². The average Bonchev–Trinajstić information content (AvgIpc) is 2.32. The van der Waals surface area contributed by atoms with Crippen molar-refractivity contribution in [3.8, 4) is 5.92 Å². The second-order valence-electron chi connectivity index (χ2n) is 3.78. The lowest BCUT2D eigenvalue weighted by Gasteiger charge is -2.08. The maximum atomic E-state index is 6.93. The molecule has 1 heteroatoms. The average molecular weight is 319 g/mol. The molecule has 2 rings (SSSR count). The summed E-state index contributed by atoms with van der Waals surface area (Å²) in [5, 5.41) is 2.65. The van der Waals surface area contributed by atoms with Gasteiger partial charge in [0.2, 0.25) is 0 Å². The van der Waals surface area contributed by atoms with E-state index in [9.17, 15) is 0 Å². The van der Waals surface area contributed by atoms with Crippen molar-refractivity contribution >= 4 is 33.4 Å². The van der Waals surface area contributed by atoms with E-state index in [2.05, 4.69) is 64.9 Å². The highest BCUT2D eigenvalue weighted by Gasteiger charge is 2.04. The largest absolute Gasteiger partial charge is 0.0891 e. The van der Waals surface area contributed by atoms with Gasteiger partial charge in [-0.05, 0) is 64.3 Å². The van der Waals surface area contributed by atoms with Crippen LogP contribution in [0.3, 0.4) is 0 Å². The Morgan fingerprint density at radius 2 is 1.94 bits per heavy atom. The Morgan fingerprint density at radius 3 is 2.75 bits per heavy atom. The van der Waals surface area contributed by atoms with Gasteiger partial charge in [0.1, 0.15) is 0 Å². The van der Waals surface area contributed by atoms with E-state index in [0.29, 0.717) is 0 Å². The van der Waals surface area contributed by atoms with E-state index in [4.69, 9.17) is 6.42 Å². The molecule has 0 atom stereocenters. The van der Waals surface area contributed by atoms with Crippen molar-refractivity contribution in [2.75, 3.05) is 0 Å². The highest BCUT2D eigenvalue weighted by atomic mass is 127. The van der Waals surface area contributed by atoms with Crippen LogP contribution in [-0.4, -0.2) is 0 Å². The van der Waals surface area contributed by atoms with Gasteiger partial charge < -0.3 is 0 Å². The zero-order valence-electron chi connectivity index (χ0n) is 8.96. The Kier molecular flexibility index (Phi) is 3.84. The van der Waals surface area contributed by atoms with E-state index < -0.39 is 0 Å². The molecule has 0 nitrogen and oxygen atoms in total. The number of hydrogen-bond acceptors (Lipinski definition) is 0. The lowest BCUT2D eigenvalue weighted by Crippen LogP contribution is -1.91. The van der Waals surface area contributed by atoms with Gasteiger partial charge in [-0.25, -0.2) is 0 Å². The van der Waals surface area contributed by atoms with Crippen LogP contribution < -0.4 is 0 Å². The third-order valence-electron chi connectivity index (χ3n) is 2.71. The first-order valence-electron chi connectivity index (χ1n) is 5.38. The van der Waals surface area contributed by atoms with Gasteiger partial charge in [-0.2, -0.15) is 0 Å².